The normalized spacial score (nSPS) is 13.6. The van der Waals surface area contributed by atoms with E-state index in [1.807, 2.05) is 0 Å². The molecule has 1 N–H and O–H groups in total. The second kappa shape index (κ2) is 7.61. The van der Waals surface area contributed by atoms with Crippen molar-refractivity contribution in [1.29, 1.82) is 0 Å². The molecule has 0 aromatic rings. The number of hydrogen-bond donors (Lipinski definition) is 1. The Balaban J connectivity index is 4.43. The van der Waals surface area contributed by atoms with Gasteiger partial charge in [0.25, 0.3) is 0 Å². The number of amides is 1. The predicted octanol–water partition coefficient (Wildman–Crippen LogP) is 2.35. The van der Waals surface area contributed by atoms with E-state index in [9.17, 15) is 22.8 Å². The summed E-state index contributed by atoms with van der Waals surface area (Å²) < 4.78 is 45.4. The number of alkyl carbamates (subject to hydrolysis) is 1. The van der Waals surface area contributed by atoms with Crippen molar-refractivity contribution in [1.82, 2.24) is 5.32 Å². The maximum Gasteiger partial charge on any atom is 0.408 e. The molecule has 0 aliphatic carbocycles. The summed E-state index contributed by atoms with van der Waals surface area (Å²) in [6.45, 7) is 4.87. The van der Waals surface area contributed by atoms with Gasteiger partial charge in [0.15, 0.2) is 0 Å². The second-order valence-electron chi connectivity index (χ2n) is 4.85. The van der Waals surface area contributed by atoms with E-state index in [1.54, 1.807) is 20.8 Å². The summed E-state index contributed by atoms with van der Waals surface area (Å²) in [5, 5.41) is 2.19. The van der Waals surface area contributed by atoms with Gasteiger partial charge in [0.05, 0.1) is 12.9 Å². The summed E-state index contributed by atoms with van der Waals surface area (Å²) in [6.07, 6.45) is -5.22. The summed E-state index contributed by atoms with van der Waals surface area (Å²) in [7, 11) is 1.08. The quantitative estimate of drug-likeness (QED) is 0.789. The second-order valence-corrected chi connectivity index (χ2v) is 5.88. The third-order valence-electron chi connectivity index (χ3n) is 1.73. The molecule has 0 fully saturated rings. The first kappa shape index (κ1) is 18.9. The van der Waals surface area contributed by atoms with Gasteiger partial charge < -0.3 is 14.8 Å². The predicted molar refractivity (Wildman–Crippen MR) is 68.6 cm³/mol. The number of thioether (sulfide) groups is 1. The third kappa shape index (κ3) is 9.76. The lowest BCUT2D eigenvalue weighted by molar-refractivity contribution is -0.142. The summed E-state index contributed by atoms with van der Waals surface area (Å²) in [6, 6.07) is -1.19. The molecule has 0 heterocycles. The fourth-order valence-electron chi connectivity index (χ4n) is 1.05. The SMILES string of the molecule is COC(=O)[C@H](CSCC(F)(F)F)NC(=O)OC(C)(C)C. The maximum atomic E-state index is 12.0. The van der Waals surface area contributed by atoms with Crippen molar-refractivity contribution in [3.8, 4) is 0 Å². The van der Waals surface area contributed by atoms with E-state index in [4.69, 9.17) is 4.74 Å². The summed E-state index contributed by atoms with van der Waals surface area (Å²) in [5.74, 6) is -2.20. The van der Waals surface area contributed by atoms with Crippen molar-refractivity contribution in [3.63, 3.8) is 0 Å². The number of hydrogen-bond acceptors (Lipinski definition) is 5. The smallest absolute Gasteiger partial charge is 0.408 e. The van der Waals surface area contributed by atoms with Gasteiger partial charge in [-0.2, -0.15) is 13.2 Å². The fourth-order valence-corrected chi connectivity index (χ4v) is 1.86. The lowest BCUT2D eigenvalue weighted by Gasteiger charge is -2.22. The van der Waals surface area contributed by atoms with E-state index in [0.29, 0.717) is 11.8 Å². The number of halogens is 3. The Morgan fingerprint density at radius 2 is 1.80 bits per heavy atom. The van der Waals surface area contributed by atoms with Crippen molar-refractivity contribution < 1.29 is 32.2 Å². The van der Waals surface area contributed by atoms with Crippen LogP contribution in [-0.4, -0.2) is 48.5 Å². The molecule has 0 saturated carbocycles. The summed E-state index contributed by atoms with van der Waals surface area (Å²) in [5.41, 5.74) is -0.774. The molecule has 0 aliphatic rings. The van der Waals surface area contributed by atoms with Crippen molar-refractivity contribution in [2.75, 3.05) is 18.6 Å². The molecule has 0 bridgehead atoms. The molecular formula is C11H18F3NO4S. The van der Waals surface area contributed by atoms with Gasteiger partial charge in [-0.15, -0.1) is 11.8 Å². The number of carbonyl (C=O) groups is 2. The minimum atomic E-state index is -4.34. The van der Waals surface area contributed by atoms with Crippen LogP contribution in [-0.2, 0) is 14.3 Å². The first-order valence-corrected chi connectivity index (χ1v) is 6.82. The molecule has 118 valence electrons. The zero-order valence-electron chi connectivity index (χ0n) is 11.7. The summed E-state index contributed by atoms with van der Waals surface area (Å²) in [4.78, 5) is 22.9. The van der Waals surface area contributed by atoms with Gasteiger partial charge in [0.2, 0.25) is 0 Å². The Hall–Kier alpha value is -1.12. The lowest BCUT2D eigenvalue weighted by atomic mass is 10.2. The highest BCUT2D eigenvalue weighted by Crippen LogP contribution is 2.21. The van der Waals surface area contributed by atoms with Gasteiger partial charge >= 0.3 is 18.2 Å². The van der Waals surface area contributed by atoms with Gasteiger partial charge in [0.1, 0.15) is 11.6 Å². The molecule has 0 aromatic carbocycles. The molecule has 1 amide bonds. The van der Waals surface area contributed by atoms with Crippen LogP contribution in [0.15, 0.2) is 0 Å². The number of carbonyl (C=O) groups excluding carboxylic acids is 2. The molecule has 20 heavy (non-hydrogen) atoms. The maximum absolute atomic E-state index is 12.0. The molecule has 1 atom stereocenters. The molecule has 0 radical (unpaired) electrons. The lowest BCUT2D eigenvalue weighted by Crippen LogP contribution is -2.45. The van der Waals surface area contributed by atoms with E-state index >= 15 is 0 Å². The van der Waals surface area contributed by atoms with E-state index in [-0.39, 0.29) is 5.75 Å². The fraction of sp³-hybridized carbons (Fsp3) is 0.818. The van der Waals surface area contributed by atoms with Gasteiger partial charge in [0, 0.05) is 5.75 Å². The zero-order valence-corrected chi connectivity index (χ0v) is 12.5. The molecule has 0 spiro atoms. The van der Waals surface area contributed by atoms with E-state index in [0.717, 1.165) is 7.11 Å². The van der Waals surface area contributed by atoms with E-state index in [1.165, 1.54) is 0 Å². The van der Waals surface area contributed by atoms with Crippen LogP contribution in [0.2, 0.25) is 0 Å². The van der Waals surface area contributed by atoms with Gasteiger partial charge in [-0.1, -0.05) is 0 Å². The topological polar surface area (TPSA) is 64.6 Å². The highest BCUT2D eigenvalue weighted by Gasteiger charge is 2.30. The highest BCUT2D eigenvalue weighted by atomic mass is 32.2. The van der Waals surface area contributed by atoms with Crippen LogP contribution < -0.4 is 5.32 Å². The average molecular weight is 317 g/mol. The van der Waals surface area contributed by atoms with Crippen LogP contribution in [0.4, 0.5) is 18.0 Å². The van der Waals surface area contributed by atoms with E-state index in [2.05, 4.69) is 10.1 Å². The Bertz CT molecular complexity index is 342. The van der Waals surface area contributed by atoms with Gasteiger partial charge in [-0.25, -0.2) is 9.59 Å². The van der Waals surface area contributed by atoms with Crippen molar-refractivity contribution in [3.05, 3.63) is 0 Å². The molecule has 9 heteroatoms. The number of rotatable bonds is 5. The van der Waals surface area contributed by atoms with Crippen LogP contribution in [0.25, 0.3) is 0 Å². The van der Waals surface area contributed by atoms with Crippen LogP contribution in [0.3, 0.4) is 0 Å². The van der Waals surface area contributed by atoms with E-state index < -0.39 is 35.6 Å². The van der Waals surface area contributed by atoms with Crippen LogP contribution in [0, 0.1) is 0 Å². The van der Waals surface area contributed by atoms with Crippen molar-refractivity contribution in [2.45, 2.75) is 38.6 Å². The molecule has 0 unspecified atom stereocenters. The van der Waals surface area contributed by atoms with Crippen LogP contribution >= 0.6 is 11.8 Å². The monoisotopic (exact) mass is 317 g/mol. The Kier molecular flexibility index (Phi) is 7.18. The highest BCUT2D eigenvalue weighted by molar-refractivity contribution is 7.99. The first-order chi connectivity index (χ1) is 8.94. The molecule has 0 aromatic heterocycles. The standard InChI is InChI=1S/C11H18F3NO4S/c1-10(2,3)19-9(17)15-7(8(16)18-4)5-20-6-11(12,13)14/h7H,5-6H2,1-4H3,(H,15,17)/t7-/m0/s1. The minimum Gasteiger partial charge on any atom is -0.467 e. The number of ether oxygens (including phenoxy) is 2. The minimum absolute atomic E-state index is 0.259. The Labute approximate surface area is 119 Å². The number of nitrogens with one attached hydrogen (secondary N) is 1. The zero-order chi connectivity index (χ0) is 16.0. The molecule has 0 aliphatic heterocycles. The Morgan fingerprint density at radius 1 is 1.25 bits per heavy atom. The number of methoxy groups -OCH3 is 1. The molecular weight excluding hydrogens is 299 g/mol. The van der Waals surface area contributed by atoms with Crippen molar-refractivity contribution >= 4 is 23.8 Å². The Morgan fingerprint density at radius 3 is 2.20 bits per heavy atom. The van der Waals surface area contributed by atoms with Gasteiger partial charge in [-0.05, 0) is 20.8 Å². The van der Waals surface area contributed by atoms with Crippen LogP contribution in [0.5, 0.6) is 0 Å². The average Bonchev–Trinajstić information content (AvgIpc) is 2.22. The third-order valence-corrected chi connectivity index (χ3v) is 2.83. The first-order valence-electron chi connectivity index (χ1n) is 5.66. The number of alkyl halides is 3. The summed E-state index contributed by atoms with van der Waals surface area (Å²) >= 11 is 0.476. The van der Waals surface area contributed by atoms with Gasteiger partial charge in [-0.3, -0.25) is 0 Å². The molecule has 0 rings (SSSR count). The largest absolute Gasteiger partial charge is 0.467 e. The number of esters is 1. The van der Waals surface area contributed by atoms with Crippen LogP contribution in [0.1, 0.15) is 20.8 Å². The molecule has 5 nitrogen and oxygen atoms in total. The van der Waals surface area contributed by atoms with Crippen molar-refractivity contribution in [2.24, 2.45) is 0 Å². The molecule has 0 saturated heterocycles.